The zero-order chi connectivity index (χ0) is 11.7. The maximum absolute atomic E-state index is 4.51. The van der Waals surface area contributed by atoms with Crippen LogP contribution in [0, 0.1) is 0 Å². The molecule has 1 aromatic carbocycles. The average Bonchev–Trinajstić information content (AvgIpc) is 2.82. The number of fused-ring (bicyclic) bond motifs is 1. The summed E-state index contributed by atoms with van der Waals surface area (Å²) in [6.07, 6.45) is 3.35. The molecule has 1 aromatic rings. The number of anilines is 1. The van der Waals surface area contributed by atoms with Gasteiger partial charge in [-0.2, -0.15) is 0 Å². The Kier molecular flexibility index (Phi) is 2.81. The summed E-state index contributed by atoms with van der Waals surface area (Å²) in [7, 11) is 1.95. The fourth-order valence-electron chi connectivity index (χ4n) is 2.06. The molecule has 1 saturated heterocycles. The molecule has 2 aliphatic rings. The van der Waals surface area contributed by atoms with Gasteiger partial charge in [0.15, 0.2) is 0 Å². The summed E-state index contributed by atoms with van der Waals surface area (Å²) in [4.78, 5) is 5.81. The van der Waals surface area contributed by atoms with Gasteiger partial charge < -0.3 is 10.6 Å². The van der Waals surface area contributed by atoms with Crippen LogP contribution in [-0.2, 0) is 0 Å². The van der Waals surface area contributed by atoms with E-state index in [2.05, 4.69) is 46.0 Å². The van der Waals surface area contributed by atoms with E-state index < -0.39 is 0 Å². The van der Waals surface area contributed by atoms with Crippen molar-refractivity contribution in [3.63, 3.8) is 0 Å². The topological polar surface area (TPSA) is 36.4 Å². The molecule has 3 nitrogen and oxygen atoms in total. The minimum Gasteiger partial charge on any atom is -0.388 e. The Hall–Kier alpha value is -1.42. The van der Waals surface area contributed by atoms with Crippen molar-refractivity contribution < 1.29 is 0 Å². The molecule has 0 saturated carbocycles. The summed E-state index contributed by atoms with van der Waals surface area (Å²) in [6, 6.07) is 8.50. The van der Waals surface area contributed by atoms with Crippen molar-refractivity contribution in [2.75, 3.05) is 18.9 Å². The van der Waals surface area contributed by atoms with Crippen LogP contribution in [0.3, 0.4) is 0 Å². The highest BCUT2D eigenvalue weighted by atomic mass is 32.2. The summed E-state index contributed by atoms with van der Waals surface area (Å²) in [5.41, 5.74) is 2.44. The third kappa shape index (κ3) is 2.05. The number of nitrogens with one attached hydrogen (secondary N) is 2. The molecule has 1 unspecified atom stereocenters. The van der Waals surface area contributed by atoms with Crippen molar-refractivity contribution in [2.24, 2.45) is 4.99 Å². The van der Waals surface area contributed by atoms with Crippen LogP contribution in [0.25, 0.3) is 0 Å². The first-order valence-electron chi connectivity index (χ1n) is 5.83. The standard InChI is InChI=1S/C13H15N3S/c1-14-10-5-2-4-9(8-10)13-16-12-11(17-13)6-3-7-15-12/h2,4-6,8,13-14H,3,7H2,1H3,(H,15,16). The van der Waals surface area contributed by atoms with E-state index in [4.69, 9.17) is 0 Å². The summed E-state index contributed by atoms with van der Waals surface area (Å²) in [6.45, 7) is 0.912. The predicted octanol–water partition coefficient (Wildman–Crippen LogP) is 2.75. The van der Waals surface area contributed by atoms with Gasteiger partial charge in [-0.1, -0.05) is 30.0 Å². The predicted molar refractivity (Wildman–Crippen MR) is 74.5 cm³/mol. The van der Waals surface area contributed by atoms with Crippen molar-refractivity contribution in [2.45, 2.75) is 11.8 Å². The quantitative estimate of drug-likeness (QED) is 0.841. The lowest BCUT2D eigenvalue weighted by Crippen LogP contribution is -2.20. The molecule has 2 heterocycles. The van der Waals surface area contributed by atoms with Gasteiger partial charge in [-0.05, 0) is 24.1 Å². The lowest BCUT2D eigenvalue weighted by molar-refractivity contribution is 0.884. The third-order valence-corrected chi connectivity index (χ3v) is 4.19. The fraction of sp³-hybridized carbons (Fsp3) is 0.308. The molecule has 0 aromatic heterocycles. The van der Waals surface area contributed by atoms with Crippen LogP contribution in [-0.4, -0.2) is 19.4 Å². The first kappa shape index (κ1) is 10.7. The zero-order valence-electron chi connectivity index (χ0n) is 9.73. The van der Waals surface area contributed by atoms with Crippen LogP contribution in [0.5, 0.6) is 0 Å². The molecule has 1 fully saturated rings. The van der Waals surface area contributed by atoms with E-state index in [0.29, 0.717) is 5.37 Å². The second kappa shape index (κ2) is 4.45. The smallest absolute Gasteiger partial charge is 0.135 e. The average molecular weight is 245 g/mol. The van der Waals surface area contributed by atoms with Crippen molar-refractivity contribution in [3.8, 4) is 0 Å². The van der Waals surface area contributed by atoms with Gasteiger partial charge in [0, 0.05) is 24.2 Å². The molecule has 3 rings (SSSR count). The minimum atomic E-state index is 0.298. The Labute approximate surface area is 105 Å². The van der Waals surface area contributed by atoms with Gasteiger partial charge in [0.05, 0.1) is 0 Å². The van der Waals surface area contributed by atoms with Gasteiger partial charge in [0.2, 0.25) is 0 Å². The normalized spacial score (nSPS) is 22.3. The molecular weight excluding hydrogens is 230 g/mol. The lowest BCUT2D eigenvalue weighted by atomic mass is 10.2. The summed E-state index contributed by atoms with van der Waals surface area (Å²) in [5, 5.41) is 6.95. The highest BCUT2D eigenvalue weighted by Crippen LogP contribution is 2.40. The molecule has 0 radical (unpaired) electrons. The summed E-state index contributed by atoms with van der Waals surface area (Å²) >= 11 is 1.86. The maximum Gasteiger partial charge on any atom is 0.135 e. The van der Waals surface area contributed by atoms with Crippen molar-refractivity contribution in [1.29, 1.82) is 0 Å². The number of rotatable bonds is 2. The first-order chi connectivity index (χ1) is 8.36. The number of hydrogen-bond donors (Lipinski definition) is 2. The molecule has 17 heavy (non-hydrogen) atoms. The number of dihydropyridines is 1. The fourth-order valence-corrected chi connectivity index (χ4v) is 3.21. The van der Waals surface area contributed by atoms with E-state index in [9.17, 15) is 0 Å². The third-order valence-electron chi connectivity index (χ3n) is 2.95. The second-order valence-electron chi connectivity index (χ2n) is 4.11. The first-order valence-corrected chi connectivity index (χ1v) is 6.70. The zero-order valence-corrected chi connectivity index (χ0v) is 10.6. The molecule has 0 bridgehead atoms. The molecule has 0 spiro atoms. The summed E-state index contributed by atoms with van der Waals surface area (Å²) in [5.74, 6) is 1.07. The lowest BCUT2D eigenvalue weighted by Gasteiger charge is -2.11. The number of nitrogens with zero attached hydrogens (tertiary/aromatic N) is 1. The van der Waals surface area contributed by atoms with E-state index >= 15 is 0 Å². The van der Waals surface area contributed by atoms with Crippen LogP contribution >= 0.6 is 11.8 Å². The highest BCUT2D eigenvalue weighted by Gasteiger charge is 2.27. The Morgan fingerprint density at radius 3 is 3.24 bits per heavy atom. The Morgan fingerprint density at radius 2 is 2.41 bits per heavy atom. The number of aliphatic imine (C=N–C) groups is 1. The largest absolute Gasteiger partial charge is 0.388 e. The van der Waals surface area contributed by atoms with Crippen LogP contribution in [0.4, 0.5) is 5.69 Å². The van der Waals surface area contributed by atoms with Crippen molar-refractivity contribution in [3.05, 3.63) is 40.8 Å². The molecule has 0 amide bonds. The van der Waals surface area contributed by atoms with Crippen LogP contribution in [0.15, 0.2) is 40.2 Å². The van der Waals surface area contributed by atoms with Crippen LogP contribution < -0.4 is 10.6 Å². The molecule has 2 N–H and O–H groups in total. The van der Waals surface area contributed by atoms with E-state index in [1.807, 2.05) is 18.8 Å². The minimum absolute atomic E-state index is 0.298. The van der Waals surface area contributed by atoms with E-state index in [0.717, 1.165) is 24.5 Å². The van der Waals surface area contributed by atoms with Crippen molar-refractivity contribution in [1.82, 2.24) is 5.32 Å². The Bertz CT molecular complexity index is 471. The molecule has 1 atom stereocenters. The molecular formula is C13H15N3S. The SMILES string of the molecule is CNc1cccc(C2NC3=NCCC=C3S2)c1. The Morgan fingerprint density at radius 1 is 1.47 bits per heavy atom. The van der Waals surface area contributed by atoms with Gasteiger partial charge in [-0.15, -0.1) is 0 Å². The van der Waals surface area contributed by atoms with Gasteiger partial charge in [-0.3, -0.25) is 4.99 Å². The Balaban J connectivity index is 1.86. The molecule has 4 heteroatoms. The number of benzene rings is 1. The van der Waals surface area contributed by atoms with E-state index in [1.165, 1.54) is 10.5 Å². The van der Waals surface area contributed by atoms with Gasteiger partial charge in [0.1, 0.15) is 11.2 Å². The van der Waals surface area contributed by atoms with Gasteiger partial charge in [-0.25, -0.2) is 0 Å². The molecule has 88 valence electrons. The van der Waals surface area contributed by atoms with Gasteiger partial charge >= 0.3 is 0 Å². The van der Waals surface area contributed by atoms with Crippen molar-refractivity contribution >= 4 is 23.3 Å². The van der Waals surface area contributed by atoms with E-state index in [-0.39, 0.29) is 0 Å². The maximum atomic E-state index is 4.51. The second-order valence-corrected chi connectivity index (χ2v) is 5.25. The molecule has 0 aliphatic carbocycles. The van der Waals surface area contributed by atoms with Gasteiger partial charge in [0.25, 0.3) is 0 Å². The number of amidine groups is 1. The van der Waals surface area contributed by atoms with E-state index in [1.54, 1.807) is 0 Å². The number of hydrogen-bond acceptors (Lipinski definition) is 4. The van der Waals surface area contributed by atoms with Crippen LogP contribution in [0.2, 0.25) is 0 Å². The monoisotopic (exact) mass is 245 g/mol. The molecule has 2 aliphatic heterocycles. The summed E-state index contributed by atoms with van der Waals surface area (Å²) < 4.78 is 0. The number of thioether (sulfide) groups is 1. The highest BCUT2D eigenvalue weighted by molar-refractivity contribution is 8.04. The van der Waals surface area contributed by atoms with Crippen LogP contribution in [0.1, 0.15) is 17.4 Å².